The molecule has 0 bridgehead atoms. The van der Waals surface area contributed by atoms with Crippen molar-refractivity contribution in [3.8, 4) is 11.5 Å². The minimum atomic E-state index is -0.104. The Morgan fingerprint density at radius 1 is 1.00 bits per heavy atom. The lowest BCUT2D eigenvalue weighted by Gasteiger charge is -2.22. The average molecular weight is 517 g/mol. The zero-order valence-electron chi connectivity index (χ0n) is 22.2. The first-order valence-corrected chi connectivity index (χ1v) is 13.0. The van der Waals surface area contributed by atoms with Crippen molar-refractivity contribution >= 4 is 11.6 Å². The van der Waals surface area contributed by atoms with Gasteiger partial charge in [0.25, 0.3) is 5.91 Å². The van der Waals surface area contributed by atoms with Crippen LogP contribution in [0.5, 0.6) is 11.5 Å². The number of oxime groups is 1. The van der Waals surface area contributed by atoms with Crippen molar-refractivity contribution in [2.45, 2.75) is 32.8 Å². The highest BCUT2D eigenvalue weighted by atomic mass is 16.6. The van der Waals surface area contributed by atoms with Crippen LogP contribution in [0.1, 0.15) is 35.1 Å². The Morgan fingerprint density at radius 3 is 2.45 bits per heavy atom. The molecule has 0 spiro atoms. The molecule has 38 heavy (non-hydrogen) atoms. The van der Waals surface area contributed by atoms with Gasteiger partial charge in [-0.15, -0.1) is 0 Å². The van der Waals surface area contributed by atoms with Gasteiger partial charge < -0.3 is 24.4 Å². The number of benzene rings is 3. The van der Waals surface area contributed by atoms with E-state index < -0.39 is 0 Å². The van der Waals surface area contributed by atoms with E-state index in [9.17, 15) is 4.79 Å². The number of carbonyl (C=O) groups excluding carboxylic acids is 1. The summed E-state index contributed by atoms with van der Waals surface area (Å²) in [6.45, 7) is 4.56. The Labute approximate surface area is 224 Å². The van der Waals surface area contributed by atoms with Crippen molar-refractivity contribution in [3.63, 3.8) is 0 Å². The van der Waals surface area contributed by atoms with Gasteiger partial charge in [0, 0.05) is 26.2 Å². The zero-order chi connectivity index (χ0) is 26.6. The van der Waals surface area contributed by atoms with Crippen LogP contribution in [0.25, 0.3) is 0 Å². The summed E-state index contributed by atoms with van der Waals surface area (Å²) in [5.41, 5.74) is 4.89. The molecule has 0 atom stereocenters. The first-order valence-electron chi connectivity index (χ1n) is 13.0. The van der Waals surface area contributed by atoms with Crippen LogP contribution >= 0.6 is 0 Å². The lowest BCUT2D eigenvalue weighted by molar-refractivity contribution is -0.123. The Kier molecular flexibility index (Phi) is 10.2. The maximum Gasteiger partial charge on any atom is 0.257 e. The minimum absolute atomic E-state index is 0.000664. The molecule has 1 aliphatic heterocycles. The molecule has 0 aromatic heterocycles. The second kappa shape index (κ2) is 14.2. The van der Waals surface area contributed by atoms with E-state index >= 15 is 0 Å². The fourth-order valence-corrected chi connectivity index (χ4v) is 4.30. The topological polar surface area (TPSA) is 78.4 Å². The van der Waals surface area contributed by atoms with E-state index in [0.717, 1.165) is 59.8 Å². The smallest absolute Gasteiger partial charge is 0.257 e. The molecule has 1 aliphatic rings. The number of amides is 1. The highest BCUT2D eigenvalue weighted by Crippen LogP contribution is 2.21. The standard InChI is InChI=1S/C31H36N2O5/c1-23-18-26(10-13-30(23)37-22-31(34)32-20-24-14-16-36-17-15-24)19-29(27-6-4-3-5-7-27)33-38-21-25-8-11-28(35-2)12-9-25/h3-13,18,24H,14-17,19-22H2,1-2H3,(H,32,34). The van der Waals surface area contributed by atoms with Crippen LogP contribution in [0.4, 0.5) is 0 Å². The first kappa shape index (κ1) is 27.2. The van der Waals surface area contributed by atoms with Gasteiger partial charge in [0.15, 0.2) is 6.61 Å². The minimum Gasteiger partial charge on any atom is -0.497 e. The number of aryl methyl sites for hydroxylation is 1. The lowest BCUT2D eigenvalue weighted by atomic mass is 10.0. The molecular formula is C31H36N2O5. The maximum absolute atomic E-state index is 12.3. The largest absolute Gasteiger partial charge is 0.497 e. The summed E-state index contributed by atoms with van der Waals surface area (Å²) in [6, 6.07) is 23.7. The average Bonchev–Trinajstić information content (AvgIpc) is 2.96. The SMILES string of the molecule is COc1ccc(CON=C(Cc2ccc(OCC(=O)NCC3CCOCC3)c(C)c2)c2ccccc2)cc1. The van der Waals surface area contributed by atoms with Gasteiger partial charge in [-0.3, -0.25) is 4.79 Å². The Morgan fingerprint density at radius 2 is 1.74 bits per heavy atom. The normalized spacial score (nSPS) is 14.1. The van der Waals surface area contributed by atoms with Crippen LogP contribution in [0.15, 0.2) is 78.0 Å². The van der Waals surface area contributed by atoms with Gasteiger partial charge in [-0.2, -0.15) is 0 Å². The Hall–Kier alpha value is -3.84. The van der Waals surface area contributed by atoms with Gasteiger partial charge >= 0.3 is 0 Å². The molecule has 0 unspecified atom stereocenters. The molecule has 3 aromatic rings. The second-order valence-electron chi connectivity index (χ2n) is 9.45. The maximum atomic E-state index is 12.3. The molecule has 1 N–H and O–H groups in total. The van der Waals surface area contributed by atoms with E-state index in [-0.39, 0.29) is 12.5 Å². The summed E-state index contributed by atoms with van der Waals surface area (Å²) < 4.78 is 16.4. The third kappa shape index (κ3) is 8.35. The van der Waals surface area contributed by atoms with E-state index in [0.29, 0.717) is 31.2 Å². The molecule has 3 aromatic carbocycles. The summed E-state index contributed by atoms with van der Waals surface area (Å²) in [4.78, 5) is 18.0. The highest BCUT2D eigenvalue weighted by Gasteiger charge is 2.15. The number of ether oxygens (including phenoxy) is 3. The van der Waals surface area contributed by atoms with E-state index in [1.54, 1.807) is 7.11 Å². The van der Waals surface area contributed by atoms with Gasteiger partial charge in [-0.25, -0.2) is 0 Å². The molecule has 0 aliphatic carbocycles. The lowest BCUT2D eigenvalue weighted by Crippen LogP contribution is -2.35. The van der Waals surface area contributed by atoms with Crippen molar-refractivity contribution in [3.05, 3.63) is 95.1 Å². The second-order valence-corrected chi connectivity index (χ2v) is 9.45. The van der Waals surface area contributed by atoms with Crippen LogP contribution in [0, 0.1) is 12.8 Å². The Balaban J connectivity index is 1.34. The van der Waals surface area contributed by atoms with E-state index in [2.05, 4.69) is 16.5 Å². The summed E-state index contributed by atoms with van der Waals surface area (Å²) >= 11 is 0. The van der Waals surface area contributed by atoms with Crippen LogP contribution in [0.3, 0.4) is 0 Å². The van der Waals surface area contributed by atoms with Gasteiger partial charge in [0.2, 0.25) is 0 Å². The molecule has 0 radical (unpaired) electrons. The van der Waals surface area contributed by atoms with Gasteiger partial charge in [-0.1, -0.05) is 59.8 Å². The molecule has 0 saturated carbocycles. The van der Waals surface area contributed by atoms with Crippen LogP contribution in [0.2, 0.25) is 0 Å². The van der Waals surface area contributed by atoms with E-state index in [1.165, 1.54) is 0 Å². The molecule has 7 nitrogen and oxygen atoms in total. The predicted octanol–water partition coefficient (Wildman–Crippen LogP) is 5.09. The number of hydrogen-bond acceptors (Lipinski definition) is 6. The molecule has 1 fully saturated rings. The quantitative estimate of drug-likeness (QED) is 0.268. The van der Waals surface area contributed by atoms with Crippen molar-refractivity contribution in [2.24, 2.45) is 11.1 Å². The summed E-state index contributed by atoms with van der Waals surface area (Å²) in [5, 5.41) is 7.47. The fraction of sp³-hybridized carbons (Fsp3) is 0.355. The summed E-state index contributed by atoms with van der Waals surface area (Å²) in [6.07, 6.45) is 2.57. The number of nitrogens with zero attached hydrogens (tertiary/aromatic N) is 1. The van der Waals surface area contributed by atoms with Crippen LogP contribution in [-0.2, 0) is 27.4 Å². The fourth-order valence-electron chi connectivity index (χ4n) is 4.30. The molecule has 7 heteroatoms. The molecule has 4 rings (SSSR count). The molecule has 1 heterocycles. The van der Waals surface area contributed by atoms with Crippen LogP contribution < -0.4 is 14.8 Å². The van der Waals surface area contributed by atoms with Crippen molar-refractivity contribution in [1.82, 2.24) is 5.32 Å². The van der Waals surface area contributed by atoms with E-state index in [1.807, 2.05) is 73.7 Å². The van der Waals surface area contributed by atoms with Gasteiger partial charge in [0.1, 0.15) is 18.1 Å². The van der Waals surface area contributed by atoms with Gasteiger partial charge in [0.05, 0.1) is 12.8 Å². The predicted molar refractivity (Wildman–Crippen MR) is 148 cm³/mol. The molecule has 1 saturated heterocycles. The third-order valence-corrected chi connectivity index (χ3v) is 6.57. The molecule has 1 amide bonds. The van der Waals surface area contributed by atoms with Crippen molar-refractivity contribution in [1.29, 1.82) is 0 Å². The number of hydrogen-bond donors (Lipinski definition) is 1. The first-order chi connectivity index (χ1) is 18.6. The highest BCUT2D eigenvalue weighted by molar-refractivity contribution is 6.01. The monoisotopic (exact) mass is 516 g/mol. The van der Waals surface area contributed by atoms with E-state index in [4.69, 9.17) is 19.0 Å². The molecule has 200 valence electrons. The summed E-state index contributed by atoms with van der Waals surface area (Å²) in [5.74, 6) is 1.88. The van der Waals surface area contributed by atoms with Crippen molar-refractivity contribution < 1.29 is 23.8 Å². The number of carbonyl (C=O) groups is 1. The number of nitrogens with one attached hydrogen (secondary N) is 1. The third-order valence-electron chi connectivity index (χ3n) is 6.57. The number of rotatable bonds is 12. The Bertz CT molecular complexity index is 1190. The zero-order valence-corrected chi connectivity index (χ0v) is 22.2. The van der Waals surface area contributed by atoms with Crippen molar-refractivity contribution in [2.75, 3.05) is 33.5 Å². The van der Waals surface area contributed by atoms with Gasteiger partial charge in [-0.05, 0) is 66.1 Å². The van der Waals surface area contributed by atoms with Crippen LogP contribution in [-0.4, -0.2) is 45.1 Å². The summed E-state index contributed by atoms with van der Waals surface area (Å²) in [7, 11) is 1.65. The molecular weight excluding hydrogens is 480 g/mol. The number of methoxy groups -OCH3 is 1.